The van der Waals surface area contributed by atoms with E-state index < -0.39 is 0 Å². The van der Waals surface area contributed by atoms with Crippen LogP contribution >= 0.6 is 23.2 Å². The Morgan fingerprint density at radius 3 is 2.53 bits per heavy atom. The summed E-state index contributed by atoms with van der Waals surface area (Å²) in [5.41, 5.74) is 9.70. The zero-order chi connectivity index (χ0) is 20.8. The molecule has 1 saturated carbocycles. The number of piperazine rings is 1. The molecule has 156 valence electrons. The number of nitrogens with zero attached hydrogens (tertiary/aromatic N) is 4. The van der Waals surface area contributed by atoms with Crippen LogP contribution < -0.4 is 10.6 Å². The van der Waals surface area contributed by atoms with Gasteiger partial charge in [0.1, 0.15) is 11.5 Å². The summed E-state index contributed by atoms with van der Waals surface area (Å²) in [6.07, 6.45) is 6.04. The average molecular weight is 444 g/mol. The Kier molecular flexibility index (Phi) is 5.09. The summed E-state index contributed by atoms with van der Waals surface area (Å²) >= 11 is 12.6. The molecule has 1 aliphatic heterocycles. The van der Waals surface area contributed by atoms with E-state index in [-0.39, 0.29) is 5.92 Å². The smallest absolute Gasteiger partial charge is 0.225 e. The van der Waals surface area contributed by atoms with Gasteiger partial charge in [0.15, 0.2) is 0 Å². The van der Waals surface area contributed by atoms with Crippen LogP contribution in [0.2, 0.25) is 10.0 Å². The van der Waals surface area contributed by atoms with Crippen molar-refractivity contribution in [2.24, 2.45) is 11.7 Å². The molecule has 2 aliphatic rings. The summed E-state index contributed by atoms with van der Waals surface area (Å²) in [4.78, 5) is 21.2. The Morgan fingerprint density at radius 2 is 1.87 bits per heavy atom. The number of amides is 1. The molecular weight excluding hydrogens is 421 g/mol. The number of aromatic nitrogens is 2. The van der Waals surface area contributed by atoms with Crippen molar-refractivity contribution in [3.8, 4) is 11.1 Å². The number of imidazole rings is 1. The van der Waals surface area contributed by atoms with E-state index >= 15 is 0 Å². The van der Waals surface area contributed by atoms with Crippen molar-refractivity contribution < 1.29 is 4.79 Å². The average Bonchev–Trinajstić information content (AvgIpc) is 3.52. The van der Waals surface area contributed by atoms with Crippen LogP contribution in [-0.4, -0.2) is 46.4 Å². The van der Waals surface area contributed by atoms with Crippen LogP contribution in [0.25, 0.3) is 16.8 Å². The summed E-state index contributed by atoms with van der Waals surface area (Å²) in [6.45, 7) is 3.47. The third kappa shape index (κ3) is 3.53. The van der Waals surface area contributed by atoms with Gasteiger partial charge in [0.05, 0.1) is 6.20 Å². The van der Waals surface area contributed by atoms with Crippen molar-refractivity contribution in [2.75, 3.05) is 31.1 Å². The lowest BCUT2D eigenvalue weighted by Crippen LogP contribution is -2.49. The van der Waals surface area contributed by atoms with Crippen molar-refractivity contribution in [1.29, 1.82) is 0 Å². The molecule has 0 spiro atoms. The number of pyridine rings is 1. The Hall–Kier alpha value is -2.28. The molecule has 3 heterocycles. The summed E-state index contributed by atoms with van der Waals surface area (Å²) in [6, 6.07) is 7.51. The topological polar surface area (TPSA) is 66.9 Å². The first kappa shape index (κ1) is 19.7. The third-order valence-corrected chi connectivity index (χ3v) is 6.54. The highest BCUT2D eigenvalue weighted by Crippen LogP contribution is 2.35. The van der Waals surface area contributed by atoms with Gasteiger partial charge < -0.3 is 15.5 Å². The number of halogens is 2. The van der Waals surface area contributed by atoms with Gasteiger partial charge in [-0.25, -0.2) is 4.98 Å². The van der Waals surface area contributed by atoms with Gasteiger partial charge in [-0.15, -0.1) is 0 Å². The fourth-order valence-electron chi connectivity index (χ4n) is 4.15. The van der Waals surface area contributed by atoms with E-state index in [1.54, 1.807) is 6.07 Å². The summed E-state index contributed by atoms with van der Waals surface area (Å²) in [7, 11) is 0. The molecule has 2 fully saturated rings. The molecule has 1 aliphatic carbocycles. The van der Waals surface area contributed by atoms with Gasteiger partial charge in [0, 0.05) is 66.0 Å². The first-order valence-electron chi connectivity index (χ1n) is 10.2. The van der Waals surface area contributed by atoms with Gasteiger partial charge in [-0.1, -0.05) is 29.3 Å². The maximum Gasteiger partial charge on any atom is 0.225 e. The molecule has 0 bridgehead atoms. The van der Waals surface area contributed by atoms with Gasteiger partial charge in [-0.05, 0) is 36.6 Å². The summed E-state index contributed by atoms with van der Waals surface area (Å²) in [5.74, 6) is 1.60. The van der Waals surface area contributed by atoms with E-state index in [2.05, 4.69) is 20.5 Å². The molecule has 30 heavy (non-hydrogen) atoms. The van der Waals surface area contributed by atoms with Crippen molar-refractivity contribution in [3.63, 3.8) is 0 Å². The summed E-state index contributed by atoms with van der Waals surface area (Å²) in [5, 5.41) is 1.19. The second-order valence-corrected chi connectivity index (χ2v) is 8.82. The lowest BCUT2D eigenvalue weighted by atomic mass is 10.0. The summed E-state index contributed by atoms with van der Waals surface area (Å²) < 4.78 is 2.08. The number of nitrogens with two attached hydrogens (primary N) is 1. The van der Waals surface area contributed by atoms with E-state index in [9.17, 15) is 4.79 Å². The first-order valence-corrected chi connectivity index (χ1v) is 11.0. The highest BCUT2D eigenvalue weighted by molar-refractivity contribution is 6.36. The van der Waals surface area contributed by atoms with Crippen molar-refractivity contribution in [3.05, 3.63) is 52.3 Å². The number of rotatable bonds is 4. The molecular formula is C22H23Cl2N5O. The zero-order valence-electron chi connectivity index (χ0n) is 16.5. The van der Waals surface area contributed by atoms with E-state index in [0.29, 0.717) is 22.5 Å². The van der Waals surface area contributed by atoms with Gasteiger partial charge in [-0.3, -0.25) is 9.20 Å². The minimum absolute atomic E-state index is 0.272. The number of benzene rings is 1. The molecule has 5 rings (SSSR count). The predicted octanol–water partition coefficient (Wildman–Crippen LogP) is 3.83. The molecule has 3 aromatic rings. The molecule has 8 heteroatoms. The van der Waals surface area contributed by atoms with Gasteiger partial charge in [0.25, 0.3) is 0 Å². The van der Waals surface area contributed by atoms with E-state index in [1.807, 2.05) is 29.3 Å². The lowest BCUT2D eigenvalue weighted by molar-refractivity contribution is -0.132. The minimum Gasteiger partial charge on any atom is -0.353 e. The molecule has 0 atom stereocenters. The van der Waals surface area contributed by atoms with Crippen molar-refractivity contribution in [2.45, 2.75) is 19.4 Å². The van der Waals surface area contributed by atoms with E-state index in [4.69, 9.17) is 28.9 Å². The van der Waals surface area contributed by atoms with Gasteiger partial charge in [0.2, 0.25) is 5.91 Å². The predicted molar refractivity (Wildman–Crippen MR) is 120 cm³/mol. The molecule has 2 N–H and O–H groups in total. The molecule has 2 aromatic heterocycles. The largest absolute Gasteiger partial charge is 0.353 e. The normalized spacial score (nSPS) is 17.0. The Labute approximate surface area is 185 Å². The van der Waals surface area contributed by atoms with Crippen molar-refractivity contribution in [1.82, 2.24) is 14.3 Å². The van der Waals surface area contributed by atoms with Gasteiger partial charge in [-0.2, -0.15) is 0 Å². The molecule has 1 saturated heterocycles. The van der Waals surface area contributed by atoms with Crippen LogP contribution in [-0.2, 0) is 11.3 Å². The number of carbonyl (C=O) groups excluding carboxylic acids is 1. The first-order chi connectivity index (χ1) is 14.5. The van der Waals surface area contributed by atoms with Crippen molar-refractivity contribution >= 4 is 40.6 Å². The van der Waals surface area contributed by atoms with Crippen LogP contribution in [0.1, 0.15) is 18.4 Å². The van der Waals surface area contributed by atoms with Crippen LogP contribution in [0.5, 0.6) is 0 Å². The maximum atomic E-state index is 12.3. The molecule has 1 amide bonds. The highest BCUT2D eigenvalue weighted by atomic mass is 35.5. The molecule has 0 radical (unpaired) electrons. The molecule has 0 unspecified atom stereocenters. The molecule has 6 nitrogen and oxygen atoms in total. The Bertz CT molecular complexity index is 1120. The van der Waals surface area contributed by atoms with Crippen LogP contribution in [0, 0.1) is 5.92 Å². The number of fused-ring (bicyclic) bond motifs is 1. The van der Waals surface area contributed by atoms with Gasteiger partial charge >= 0.3 is 0 Å². The van der Waals surface area contributed by atoms with E-state index in [0.717, 1.165) is 67.2 Å². The highest BCUT2D eigenvalue weighted by Gasteiger charge is 2.34. The SMILES string of the molecule is NCc1cc2ncc(N3CCN(C(=O)C4CC4)CC3)n2cc1-c1ccc(Cl)cc1Cl. The third-order valence-electron chi connectivity index (χ3n) is 6.00. The van der Waals surface area contributed by atoms with Crippen LogP contribution in [0.3, 0.4) is 0 Å². The quantitative estimate of drug-likeness (QED) is 0.665. The fourth-order valence-corrected chi connectivity index (χ4v) is 4.66. The standard InChI is InChI=1S/C22H23Cl2N5O/c23-16-3-4-17(19(24)10-16)18-13-29-20(9-15(18)11-25)26-12-21(29)27-5-7-28(8-6-27)22(30)14-1-2-14/h3-4,9-10,12-14H,1-2,5-8,11,25H2. The fraction of sp³-hybridized carbons (Fsp3) is 0.364. The van der Waals surface area contributed by atoms with Crippen LogP contribution in [0.15, 0.2) is 36.7 Å². The minimum atomic E-state index is 0.272. The number of hydrogen-bond donors (Lipinski definition) is 1. The Balaban J connectivity index is 1.48. The monoisotopic (exact) mass is 443 g/mol. The number of anilines is 1. The zero-order valence-corrected chi connectivity index (χ0v) is 18.0. The molecule has 1 aromatic carbocycles. The Morgan fingerprint density at radius 1 is 1.10 bits per heavy atom. The maximum absolute atomic E-state index is 12.3. The van der Waals surface area contributed by atoms with E-state index in [1.165, 1.54) is 0 Å². The number of hydrogen-bond acceptors (Lipinski definition) is 4. The number of carbonyl (C=O) groups is 1. The second kappa shape index (κ2) is 7.76. The second-order valence-electron chi connectivity index (χ2n) is 7.97. The van der Waals surface area contributed by atoms with Crippen LogP contribution in [0.4, 0.5) is 5.82 Å². The lowest BCUT2D eigenvalue weighted by Gasteiger charge is -2.35.